The minimum absolute atomic E-state index is 0.0816. The smallest absolute Gasteiger partial charge is 0.475 e. The number of nitrogens with one attached hydrogen (secondary N) is 3. The third-order valence-corrected chi connectivity index (χ3v) is 5.53. The maximum absolute atomic E-state index is 12.9. The SMILES string of the molecule is CNC(=O)c1nn(C)cc1NC(=O)c1cnn2ccc(N[C@@H]3CCCC[C@@H]3N)nc12.O=C(O)C(F)(F)F. The highest BCUT2D eigenvalue weighted by Gasteiger charge is 2.38. The van der Waals surface area contributed by atoms with Gasteiger partial charge >= 0.3 is 12.1 Å². The number of aliphatic carboxylic acids is 1. The van der Waals surface area contributed by atoms with Crippen molar-refractivity contribution in [1.82, 2.24) is 29.7 Å². The van der Waals surface area contributed by atoms with Crippen molar-refractivity contribution in [2.45, 2.75) is 43.9 Å². The molecule has 6 N–H and O–H groups in total. The van der Waals surface area contributed by atoms with Crippen molar-refractivity contribution in [3.05, 3.63) is 35.9 Å². The molecule has 0 unspecified atom stereocenters. The number of carbonyl (C=O) groups excluding carboxylic acids is 2. The van der Waals surface area contributed by atoms with Crippen molar-refractivity contribution < 1.29 is 32.7 Å². The van der Waals surface area contributed by atoms with Crippen LogP contribution in [0.25, 0.3) is 5.65 Å². The van der Waals surface area contributed by atoms with Crippen LogP contribution in [0.4, 0.5) is 24.7 Å². The third-order valence-electron chi connectivity index (χ3n) is 5.53. The summed E-state index contributed by atoms with van der Waals surface area (Å²) in [6, 6.07) is 2.05. The molecule has 16 heteroatoms. The second kappa shape index (κ2) is 11.2. The number of nitrogens with zero attached hydrogens (tertiary/aromatic N) is 5. The first-order chi connectivity index (χ1) is 17.4. The second-order valence-corrected chi connectivity index (χ2v) is 8.24. The minimum atomic E-state index is -5.08. The number of anilines is 2. The van der Waals surface area contributed by atoms with E-state index in [9.17, 15) is 22.8 Å². The number of amides is 2. The zero-order valence-electron chi connectivity index (χ0n) is 19.9. The van der Waals surface area contributed by atoms with Crippen LogP contribution >= 0.6 is 0 Å². The first-order valence-electron chi connectivity index (χ1n) is 11.1. The summed E-state index contributed by atoms with van der Waals surface area (Å²) in [5, 5.41) is 24.1. The van der Waals surface area contributed by atoms with Gasteiger partial charge in [-0.25, -0.2) is 14.3 Å². The molecule has 3 aromatic rings. The lowest BCUT2D eigenvalue weighted by Crippen LogP contribution is -2.42. The number of hydrogen-bond acceptors (Lipinski definition) is 8. The van der Waals surface area contributed by atoms with Gasteiger partial charge in [-0.3, -0.25) is 14.3 Å². The molecule has 1 aliphatic carbocycles. The first-order valence-corrected chi connectivity index (χ1v) is 11.1. The van der Waals surface area contributed by atoms with E-state index in [0.29, 0.717) is 22.7 Å². The molecular weight excluding hydrogens is 499 g/mol. The average Bonchev–Trinajstić information content (AvgIpc) is 3.42. The first kappa shape index (κ1) is 27.4. The fraction of sp³-hybridized carbons (Fsp3) is 0.429. The van der Waals surface area contributed by atoms with Gasteiger partial charge in [0.05, 0.1) is 11.9 Å². The van der Waals surface area contributed by atoms with E-state index < -0.39 is 18.1 Å². The van der Waals surface area contributed by atoms with Crippen LogP contribution in [0.1, 0.15) is 46.5 Å². The molecule has 3 heterocycles. The van der Waals surface area contributed by atoms with Crippen molar-refractivity contribution in [3.63, 3.8) is 0 Å². The summed E-state index contributed by atoms with van der Waals surface area (Å²) in [6.45, 7) is 0. The van der Waals surface area contributed by atoms with Crippen LogP contribution in [0, 0.1) is 0 Å². The number of fused-ring (bicyclic) bond motifs is 1. The van der Waals surface area contributed by atoms with Crippen molar-refractivity contribution in [2.24, 2.45) is 12.8 Å². The van der Waals surface area contributed by atoms with Crippen molar-refractivity contribution >= 4 is 34.9 Å². The number of alkyl halides is 3. The highest BCUT2D eigenvalue weighted by atomic mass is 19.4. The number of carboxylic acid groups (broad SMARTS) is 1. The summed E-state index contributed by atoms with van der Waals surface area (Å²) in [7, 11) is 3.18. The Hall–Kier alpha value is -4.21. The standard InChI is InChI=1S/C19H25N9O2.C2HF3O2/c1-21-19(30)16-14(10-27(2)26-16)24-18(29)11-9-22-28-8-7-15(25-17(11)28)23-13-6-4-3-5-12(13)20;3-2(4,5)1(6)7/h7-10,12-13H,3-6,20H2,1-2H3,(H,21,30)(H,23,25)(H,24,29);(H,6,7)/t12-,13+;/m0./s1. The number of carbonyl (C=O) groups is 3. The van der Waals surface area contributed by atoms with Gasteiger partial charge in [-0.05, 0) is 18.9 Å². The monoisotopic (exact) mass is 525 g/mol. The molecule has 0 radical (unpaired) electrons. The summed E-state index contributed by atoms with van der Waals surface area (Å²) >= 11 is 0. The van der Waals surface area contributed by atoms with Crippen LogP contribution in [-0.4, -0.2) is 72.6 Å². The summed E-state index contributed by atoms with van der Waals surface area (Å²) in [5.41, 5.74) is 7.36. The van der Waals surface area contributed by atoms with Gasteiger partial charge in [-0.15, -0.1) is 0 Å². The minimum Gasteiger partial charge on any atom is -0.475 e. The molecule has 4 rings (SSSR count). The number of carboxylic acids is 1. The fourth-order valence-electron chi connectivity index (χ4n) is 3.69. The van der Waals surface area contributed by atoms with Crippen LogP contribution in [0.2, 0.25) is 0 Å². The lowest BCUT2D eigenvalue weighted by Gasteiger charge is -2.29. The Labute approximate surface area is 208 Å². The van der Waals surface area contributed by atoms with Gasteiger partial charge in [0.15, 0.2) is 11.3 Å². The predicted molar refractivity (Wildman–Crippen MR) is 125 cm³/mol. The number of halogens is 3. The van der Waals surface area contributed by atoms with Crippen molar-refractivity contribution in [3.8, 4) is 0 Å². The number of aryl methyl sites for hydroxylation is 1. The third kappa shape index (κ3) is 6.72. The largest absolute Gasteiger partial charge is 0.490 e. The molecule has 1 fully saturated rings. The van der Waals surface area contributed by atoms with Crippen LogP contribution in [0.5, 0.6) is 0 Å². The molecule has 37 heavy (non-hydrogen) atoms. The highest BCUT2D eigenvalue weighted by molar-refractivity contribution is 6.10. The molecule has 0 saturated heterocycles. The van der Waals surface area contributed by atoms with E-state index in [1.165, 1.54) is 22.4 Å². The van der Waals surface area contributed by atoms with E-state index in [4.69, 9.17) is 15.6 Å². The van der Waals surface area contributed by atoms with E-state index in [0.717, 1.165) is 25.7 Å². The highest BCUT2D eigenvalue weighted by Crippen LogP contribution is 2.22. The van der Waals surface area contributed by atoms with Crippen LogP contribution in [0.15, 0.2) is 24.7 Å². The number of nitrogens with two attached hydrogens (primary N) is 1. The molecule has 0 aliphatic heterocycles. The molecule has 3 aromatic heterocycles. The fourth-order valence-corrected chi connectivity index (χ4v) is 3.69. The molecule has 2 amide bonds. The summed E-state index contributed by atoms with van der Waals surface area (Å²) in [6.07, 6.45) is 3.93. The average molecular weight is 525 g/mol. The molecule has 200 valence electrons. The van der Waals surface area contributed by atoms with E-state index in [1.807, 2.05) is 6.07 Å². The van der Waals surface area contributed by atoms with Crippen molar-refractivity contribution in [2.75, 3.05) is 17.7 Å². The predicted octanol–water partition coefficient (Wildman–Crippen LogP) is 1.39. The summed E-state index contributed by atoms with van der Waals surface area (Å²) in [4.78, 5) is 38.4. The zero-order valence-corrected chi connectivity index (χ0v) is 19.9. The molecule has 2 atom stereocenters. The number of hydrogen-bond donors (Lipinski definition) is 5. The van der Waals surface area contributed by atoms with Crippen molar-refractivity contribution in [1.29, 1.82) is 0 Å². The van der Waals surface area contributed by atoms with E-state index >= 15 is 0 Å². The molecule has 0 aromatic carbocycles. The Morgan fingerprint density at radius 2 is 1.86 bits per heavy atom. The molecule has 13 nitrogen and oxygen atoms in total. The molecule has 0 spiro atoms. The number of aromatic nitrogens is 5. The van der Waals surface area contributed by atoms with Gasteiger partial charge < -0.3 is 26.8 Å². The van der Waals surface area contributed by atoms with E-state index in [-0.39, 0.29) is 23.7 Å². The summed E-state index contributed by atoms with van der Waals surface area (Å²) < 4.78 is 34.7. The van der Waals surface area contributed by atoms with Gasteiger partial charge in [-0.1, -0.05) is 12.8 Å². The Balaban J connectivity index is 0.000000479. The zero-order chi connectivity index (χ0) is 27.3. The van der Waals surface area contributed by atoms with Crippen LogP contribution < -0.4 is 21.7 Å². The van der Waals surface area contributed by atoms with Gasteiger partial charge in [0.1, 0.15) is 11.4 Å². The lowest BCUT2D eigenvalue weighted by atomic mass is 9.91. The van der Waals surface area contributed by atoms with E-state index in [2.05, 4.69) is 31.1 Å². The van der Waals surface area contributed by atoms with Gasteiger partial charge in [-0.2, -0.15) is 23.4 Å². The van der Waals surface area contributed by atoms with Gasteiger partial charge in [0, 0.05) is 38.6 Å². The molecule has 0 bridgehead atoms. The Morgan fingerprint density at radius 3 is 2.49 bits per heavy atom. The van der Waals surface area contributed by atoms with Crippen LogP contribution in [0.3, 0.4) is 0 Å². The quantitative estimate of drug-likeness (QED) is 0.329. The van der Waals surface area contributed by atoms with Gasteiger partial charge in [0.25, 0.3) is 11.8 Å². The Morgan fingerprint density at radius 1 is 1.19 bits per heavy atom. The molecule has 1 aliphatic rings. The van der Waals surface area contributed by atoms with Gasteiger partial charge in [0.2, 0.25) is 0 Å². The summed E-state index contributed by atoms with van der Waals surface area (Å²) in [5.74, 6) is -2.93. The maximum atomic E-state index is 12.9. The maximum Gasteiger partial charge on any atom is 0.490 e. The van der Waals surface area contributed by atoms with Crippen LogP contribution in [-0.2, 0) is 11.8 Å². The Bertz CT molecular complexity index is 1290. The second-order valence-electron chi connectivity index (χ2n) is 8.24. The molecule has 1 saturated carbocycles. The number of rotatable bonds is 5. The normalized spacial score (nSPS) is 17.5. The topological polar surface area (TPSA) is 182 Å². The Kier molecular flexibility index (Phi) is 8.31. The lowest BCUT2D eigenvalue weighted by molar-refractivity contribution is -0.192. The molecular formula is C21H26F3N9O4. The van der Waals surface area contributed by atoms with E-state index in [1.54, 1.807) is 19.4 Å².